The molecule has 0 saturated carbocycles. The first kappa shape index (κ1) is 20.4. The molecule has 5 rings (SSSR count). The zero-order valence-electron chi connectivity index (χ0n) is 17.7. The molecule has 2 amide bonds. The van der Waals surface area contributed by atoms with E-state index in [4.69, 9.17) is 5.21 Å². The van der Waals surface area contributed by atoms with Crippen LogP contribution in [0.2, 0.25) is 0 Å². The monoisotopic (exact) mass is 433 g/mol. The first-order chi connectivity index (χ1) is 15.3. The topological polar surface area (TPSA) is 116 Å². The third kappa shape index (κ3) is 3.10. The first-order valence-corrected chi connectivity index (χ1v) is 10.4. The van der Waals surface area contributed by atoms with Crippen LogP contribution in [-0.2, 0) is 21.5 Å². The highest BCUT2D eigenvalue weighted by molar-refractivity contribution is 5.98. The largest absolute Gasteiger partial charge is 0.595 e. The molecular formula is C23H23N5O4. The van der Waals surface area contributed by atoms with Crippen molar-refractivity contribution in [1.29, 1.82) is 0 Å². The van der Waals surface area contributed by atoms with Crippen LogP contribution in [0.4, 0.5) is 5.69 Å². The van der Waals surface area contributed by atoms with Gasteiger partial charge in [-0.25, -0.2) is 10.2 Å². The summed E-state index contributed by atoms with van der Waals surface area (Å²) < 4.78 is 0. The van der Waals surface area contributed by atoms with Crippen LogP contribution in [-0.4, -0.2) is 50.7 Å². The predicted octanol–water partition coefficient (Wildman–Crippen LogP) is 1.44. The van der Waals surface area contributed by atoms with Crippen molar-refractivity contribution in [2.75, 3.05) is 6.54 Å². The molecule has 32 heavy (non-hydrogen) atoms. The number of amides is 2. The van der Waals surface area contributed by atoms with Gasteiger partial charge in [-0.05, 0) is 25.5 Å². The molecule has 2 aliphatic heterocycles. The molecule has 9 heteroatoms. The van der Waals surface area contributed by atoms with Gasteiger partial charge >= 0.3 is 0 Å². The molecule has 1 unspecified atom stereocenters. The summed E-state index contributed by atoms with van der Waals surface area (Å²) >= 11 is 0. The lowest BCUT2D eigenvalue weighted by Gasteiger charge is -2.50. The molecule has 3 heterocycles. The van der Waals surface area contributed by atoms with E-state index in [0.29, 0.717) is 12.0 Å². The fraction of sp³-hybridized carbons (Fsp3) is 0.261. The molecule has 0 radical (unpaired) electrons. The Morgan fingerprint density at radius 1 is 1.22 bits per heavy atom. The van der Waals surface area contributed by atoms with E-state index in [0.717, 1.165) is 22.2 Å². The second-order valence-corrected chi connectivity index (χ2v) is 8.64. The zero-order valence-corrected chi connectivity index (χ0v) is 17.7. The summed E-state index contributed by atoms with van der Waals surface area (Å²) in [5, 5.41) is 25.8. The maximum Gasteiger partial charge on any atom is 0.266 e. The number of fused-ring (bicyclic) bond motifs is 4. The molecule has 3 N–H and O–H groups in total. The maximum atomic E-state index is 13.4. The number of H-pyrrole nitrogens is 1. The fourth-order valence-corrected chi connectivity index (χ4v) is 4.85. The Labute approximate surface area is 184 Å². The second-order valence-electron chi connectivity index (χ2n) is 8.64. The van der Waals surface area contributed by atoms with Gasteiger partial charge in [0.2, 0.25) is 5.91 Å². The third-order valence-electron chi connectivity index (χ3n) is 6.31. The number of benzene rings is 2. The maximum absolute atomic E-state index is 13.4. The number of aromatic amines is 1. The van der Waals surface area contributed by atoms with Crippen LogP contribution in [0.15, 0.2) is 53.6 Å². The summed E-state index contributed by atoms with van der Waals surface area (Å²) in [7, 11) is 0. The summed E-state index contributed by atoms with van der Waals surface area (Å²) in [5.74, 6) is -0.431. The number of hydrazone groups is 1. The highest BCUT2D eigenvalue weighted by Gasteiger charge is 2.51. The summed E-state index contributed by atoms with van der Waals surface area (Å²) in [5.41, 5.74) is 2.98. The molecule has 1 aromatic heterocycles. The number of nitrogens with zero attached hydrogens (tertiary/aromatic N) is 3. The summed E-state index contributed by atoms with van der Waals surface area (Å²) in [6, 6.07) is 13.5. The van der Waals surface area contributed by atoms with Gasteiger partial charge < -0.3 is 15.1 Å². The Morgan fingerprint density at radius 2 is 2.00 bits per heavy atom. The molecule has 3 aromatic rings. The van der Waals surface area contributed by atoms with Gasteiger partial charge in [0, 0.05) is 40.7 Å². The molecule has 164 valence electrons. The number of carbonyl (C=O) groups is 2. The van der Waals surface area contributed by atoms with Crippen LogP contribution in [0.1, 0.15) is 30.7 Å². The average molecular weight is 433 g/mol. The Hall–Kier alpha value is -3.53. The van der Waals surface area contributed by atoms with Crippen LogP contribution in [0.5, 0.6) is 0 Å². The van der Waals surface area contributed by atoms with Crippen molar-refractivity contribution in [2.45, 2.75) is 31.8 Å². The van der Waals surface area contributed by atoms with Gasteiger partial charge in [-0.1, -0.05) is 30.3 Å². The van der Waals surface area contributed by atoms with Crippen LogP contribution in [0, 0.1) is 5.21 Å². The summed E-state index contributed by atoms with van der Waals surface area (Å²) in [6.45, 7) is 3.74. The van der Waals surface area contributed by atoms with Crippen LogP contribution in [0.3, 0.4) is 0 Å². The SMILES string of the molecule is CC1(C)c2[nH]c3ccccc3c2C[C@H]2C(=O)N(/N=C/c3cccc([NH+]([O-])O)c3)CC(=O)N21. The smallest absolute Gasteiger partial charge is 0.266 e. The van der Waals surface area contributed by atoms with Crippen molar-refractivity contribution in [1.82, 2.24) is 14.9 Å². The van der Waals surface area contributed by atoms with Crippen LogP contribution >= 0.6 is 0 Å². The Kier molecular flexibility index (Phi) is 4.63. The van der Waals surface area contributed by atoms with Gasteiger partial charge in [-0.3, -0.25) is 9.59 Å². The molecule has 1 saturated heterocycles. The molecule has 0 bridgehead atoms. The highest BCUT2D eigenvalue weighted by Crippen LogP contribution is 2.42. The number of nitrogens with one attached hydrogen (secondary N) is 2. The number of rotatable bonds is 3. The third-order valence-corrected chi connectivity index (χ3v) is 6.31. The van der Waals surface area contributed by atoms with Gasteiger partial charge in [0.15, 0.2) is 5.69 Å². The minimum absolute atomic E-state index is 0.127. The van der Waals surface area contributed by atoms with E-state index >= 15 is 0 Å². The number of carbonyl (C=O) groups excluding carboxylic acids is 2. The van der Waals surface area contributed by atoms with E-state index < -0.39 is 16.8 Å². The lowest BCUT2D eigenvalue weighted by atomic mass is 9.82. The van der Waals surface area contributed by atoms with E-state index in [2.05, 4.69) is 10.1 Å². The predicted molar refractivity (Wildman–Crippen MR) is 117 cm³/mol. The fourth-order valence-electron chi connectivity index (χ4n) is 4.85. The lowest BCUT2D eigenvalue weighted by molar-refractivity contribution is -0.991. The standard InChI is InChI=1S/C23H23N5O4/c1-23(2)21-17(16-8-3-4-9-18(16)25-21)11-19-22(30)26(13-20(29)27(19)23)24-12-14-6-5-7-15(10-14)28(31)32/h3-10,12,19,25,28,31H,11,13H2,1-2H3/b24-12+/t19-/m0/s1. The normalized spacial score (nSPS) is 21.2. The van der Waals surface area contributed by atoms with Crippen molar-refractivity contribution in [3.05, 3.63) is 70.6 Å². The number of piperazine rings is 1. The lowest BCUT2D eigenvalue weighted by Crippen LogP contribution is -2.99. The number of hydrogen-bond donors (Lipinski definition) is 3. The van der Waals surface area contributed by atoms with E-state index in [-0.39, 0.29) is 24.0 Å². The van der Waals surface area contributed by atoms with Gasteiger partial charge in [-0.2, -0.15) is 10.3 Å². The van der Waals surface area contributed by atoms with Crippen molar-refractivity contribution in [2.24, 2.45) is 5.10 Å². The van der Waals surface area contributed by atoms with E-state index in [1.165, 1.54) is 23.4 Å². The van der Waals surface area contributed by atoms with E-state index in [9.17, 15) is 14.8 Å². The molecular weight excluding hydrogens is 410 g/mol. The highest BCUT2D eigenvalue weighted by atomic mass is 16.8. The summed E-state index contributed by atoms with van der Waals surface area (Å²) in [4.78, 5) is 31.6. The number of quaternary nitrogens is 1. The quantitative estimate of drug-likeness (QED) is 0.428. The van der Waals surface area contributed by atoms with Gasteiger partial charge in [0.05, 0.1) is 11.8 Å². The molecule has 9 nitrogen and oxygen atoms in total. The van der Waals surface area contributed by atoms with Crippen LogP contribution in [0.25, 0.3) is 10.9 Å². The van der Waals surface area contributed by atoms with Gasteiger partial charge in [-0.15, -0.1) is 0 Å². The molecule has 2 aromatic carbocycles. The zero-order chi connectivity index (χ0) is 22.6. The van der Waals surface area contributed by atoms with Crippen molar-refractivity contribution < 1.29 is 20.0 Å². The van der Waals surface area contributed by atoms with Gasteiger partial charge in [0.25, 0.3) is 5.91 Å². The van der Waals surface area contributed by atoms with Crippen molar-refractivity contribution >= 4 is 34.6 Å². The first-order valence-electron chi connectivity index (χ1n) is 10.4. The minimum atomic E-state index is -1.04. The minimum Gasteiger partial charge on any atom is -0.595 e. The Bertz CT molecular complexity index is 1260. The van der Waals surface area contributed by atoms with Crippen LogP contribution < -0.4 is 5.23 Å². The molecule has 1 fully saturated rings. The molecule has 0 aliphatic carbocycles. The number of aromatic nitrogens is 1. The van der Waals surface area contributed by atoms with Crippen molar-refractivity contribution in [3.8, 4) is 0 Å². The summed E-state index contributed by atoms with van der Waals surface area (Å²) in [6.07, 6.45) is 1.83. The average Bonchev–Trinajstić information content (AvgIpc) is 3.15. The number of hydrogen-bond acceptors (Lipinski definition) is 5. The van der Waals surface area contributed by atoms with E-state index in [1.807, 2.05) is 38.1 Å². The second kappa shape index (κ2) is 7.27. The molecule has 2 atom stereocenters. The van der Waals surface area contributed by atoms with Gasteiger partial charge in [0.1, 0.15) is 12.6 Å². The van der Waals surface area contributed by atoms with Crippen molar-refractivity contribution in [3.63, 3.8) is 0 Å². The molecule has 0 spiro atoms. The Balaban J connectivity index is 1.48. The molecule has 2 aliphatic rings. The van der Waals surface area contributed by atoms with E-state index in [1.54, 1.807) is 17.0 Å². The number of para-hydroxylation sites is 1. The Morgan fingerprint density at radius 3 is 2.78 bits per heavy atom.